The van der Waals surface area contributed by atoms with E-state index in [2.05, 4.69) is 5.16 Å². The minimum Gasteiger partial charge on any atom is -0.459 e. The molecule has 0 saturated carbocycles. The molecule has 310 valence electrons. The second-order valence-electron chi connectivity index (χ2n) is 16.8. The summed E-state index contributed by atoms with van der Waals surface area (Å²) in [5.41, 5.74) is -3.99. The number of esters is 1. The highest BCUT2D eigenvalue weighted by Gasteiger charge is 2.54. The second-order valence-corrected chi connectivity index (χ2v) is 16.8. The van der Waals surface area contributed by atoms with Crippen LogP contribution in [0.2, 0.25) is 0 Å². The van der Waals surface area contributed by atoms with E-state index >= 15 is 0 Å². The average Bonchev–Trinajstić information content (AvgIpc) is 3.10. The fraction of sp³-hybridized carbons (Fsp3) is 0.947. The van der Waals surface area contributed by atoms with E-state index in [0.717, 1.165) is 0 Å². The molecule has 3 saturated heterocycles. The number of methoxy groups -OCH3 is 2. The molecule has 3 aliphatic rings. The Balaban J connectivity index is 2.25. The quantitative estimate of drug-likeness (QED) is 0.137. The molecule has 0 aliphatic carbocycles. The number of cyclic esters (lactones) is 1. The minimum absolute atomic E-state index is 0.128. The van der Waals surface area contributed by atoms with E-state index in [4.69, 9.17) is 33.2 Å². The Kier molecular flexibility index (Phi) is 15.7. The molecule has 0 amide bonds. The number of rotatable bonds is 8. The number of likely N-dealkylation sites (N-methyl/N-ethyl adjacent to an activating group) is 1. The number of carbonyl (C=O) groups excluding carboxylic acids is 1. The topological polar surface area (TPSA) is 198 Å². The lowest BCUT2D eigenvalue weighted by molar-refractivity contribution is -0.319. The van der Waals surface area contributed by atoms with Gasteiger partial charge >= 0.3 is 5.97 Å². The molecule has 18 atom stereocenters. The van der Waals surface area contributed by atoms with Crippen molar-refractivity contribution < 1.29 is 63.6 Å². The molecule has 15 heteroatoms. The molecule has 0 unspecified atom stereocenters. The van der Waals surface area contributed by atoms with Crippen LogP contribution in [0.3, 0.4) is 0 Å². The first-order chi connectivity index (χ1) is 24.5. The van der Waals surface area contributed by atoms with Gasteiger partial charge in [-0.2, -0.15) is 0 Å². The zero-order chi connectivity index (χ0) is 40.4. The van der Waals surface area contributed by atoms with Gasteiger partial charge in [0.2, 0.25) is 0 Å². The van der Waals surface area contributed by atoms with E-state index < -0.39 is 102 Å². The molecule has 0 radical (unpaired) electrons. The Labute approximate surface area is 316 Å². The molecule has 0 aromatic rings. The number of aliphatic hydroxyl groups excluding tert-OH is 3. The standard InChI is InChI=1S/C38H70N2O13/c1-15-26-38(10,45)31(42)21(4)28(39-46)19(2)17-37(9,48-14)33(53-35-29(41)25(40(11)12)16-20(3)49-35)22(5)30(23(6)34(44)51-26)52-27-18-36(8,47-13)32(43)24(7)50-27/h19-27,29-33,35,41-43,45-46H,15-18H2,1-14H3/b39-28-/t19-,20-,21+,22+,23-,24+,25+,26-,27+,29-,30+,31-,32+,33-,35+,36-,37-,38-/m0/s1. The van der Waals surface area contributed by atoms with Gasteiger partial charge in [-0.15, -0.1) is 0 Å². The summed E-state index contributed by atoms with van der Waals surface area (Å²) in [7, 11) is 6.80. The number of carbonyl (C=O) groups is 1. The molecule has 0 aromatic heterocycles. The summed E-state index contributed by atoms with van der Waals surface area (Å²) in [6.45, 7) is 17.3. The molecule has 5 N–H and O–H groups in total. The van der Waals surface area contributed by atoms with E-state index in [1.165, 1.54) is 21.1 Å². The number of nitrogens with zero attached hydrogens (tertiary/aromatic N) is 2. The third-order valence-electron chi connectivity index (χ3n) is 12.4. The summed E-state index contributed by atoms with van der Waals surface area (Å²) < 4.78 is 44.1. The van der Waals surface area contributed by atoms with Crippen molar-refractivity contribution in [3.05, 3.63) is 0 Å². The van der Waals surface area contributed by atoms with Gasteiger partial charge in [-0.25, -0.2) is 0 Å². The van der Waals surface area contributed by atoms with Crippen molar-refractivity contribution in [1.82, 2.24) is 4.90 Å². The van der Waals surface area contributed by atoms with Crippen LogP contribution in [0.4, 0.5) is 0 Å². The van der Waals surface area contributed by atoms with Gasteiger partial charge in [0.1, 0.15) is 23.9 Å². The molecule has 0 bridgehead atoms. The molecular formula is C38H70N2O13. The van der Waals surface area contributed by atoms with Crippen LogP contribution >= 0.6 is 0 Å². The lowest BCUT2D eigenvalue weighted by Gasteiger charge is -2.50. The van der Waals surface area contributed by atoms with Gasteiger partial charge in [-0.1, -0.05) is 32.9 Å². The first-order valence-electron chi connectivity index (χ1n) is 19.1. The lowest BCUT2D eigenvalue weighted by Crippen LogP contribution is -2.61. The summed E-state index contributed by atoms with van der Waals surface area (Å²) in [6, 6.07) is -0.282. The van der Waals surface area contributed by atoms with E-state index in [-0.39, 0.29) is 37.1 Å². The molecule has 3 aliphatic heterocycles. The van der Waals surface area contributed by atoms with Crippen molar-refractivity contribution in [1.29, 1.82) is 0 Å². The van der Waals surface area contributed by atoms with Gasteiger partial charge in [0.05, 0.1) is 53.4 Å². The summed E-state index contributed by atoms with van der Waals surface area (Å²) in [5, 5.41) is 59.8. The Hall–Kier alpha value is -1.50. The van der Waals surface area contributed by atoms with Crippen LogP contribution in [-0.4, -0.2) is 155 Å². The van der Waals surface area contributed by atoms with Crippen LogP contribution in [0.15, 0.2) is 5.16 Å². The van der Waals surface area contributed by atoms with Crippen molar-refractivity contribution >= 4 is 11.7 Å². The normalized spacial score (nSPS) is 49.1. The van der Waals surface area contributed by atoms with Gasteiger partial charge in [0, 0.05) is 44.4 Å². The zero-order valence-electron chi connectivity index (χ0n) is 34.4. The fourth-order valence-electron chi connectivity index (χ4n) is 8.78. The summed E-state index contributed by atoms with van der Waals surface area (Å²) >= 11 is 0. The van der Waals surface area contributed by atoms with Gasteiger partial charge in [-0.05, 0) is 74.9 Å². The number of hydrogen-bond acceptors (Lipinski definition) is 15. The maximum atomic E-state index is 14.2. The summed E-state index contributed by atoms with van der Waals surface area (Å²) in [5.74, 6) is -3.82. The first kappa shape index (κ1) is 45.9. The predicted molar refractivity (Wildman–Crippen MR) is 195 cm³/mol. The highest BCUT2D eigenvalue weighted by molar-refractivity contribution is 5.88. The summed E-state index contributed by atoms with van der Waals surface area (Å²) in [4.78, 5) is 16.2. The number of aliphatic hydroxyl groups is 4. The molecule has 0 aromatic carbocycles. The number of ether oxygens (including phenoxy) is 7. The monoisotopic (exact) mass is 762 g/mol. The average molecular weight is 763 g/mol. The molecule has 15 nitrogen and oxygen atoms in total. The SMILES string of the molecule is CC[C@@H]1OC(=O)[C@@H](C)[C@H](O[C@@H]2C[C@](C)(OC)[C@H](O)[C@@H](C)O2)[C@@H](C)[C@H](O[C@H]2O[C@@H](C)C[C@@H](N(C)C)[C@@H]2O)[C@@](C)(OC)C[C@H](C)/C(=N/O)[C@@H](C)[C@H](O)[C@@]1(C)O. The third kappa shape index (κ3) is 9.73. The maximum Gasteiger partial charge on any atom is 0.311 e. The smallest absolute Gasteiger partial charge is 0.311 e. The highest BCUT2D eigenvalue weighted by atomic mass is 16.7. The van der Waals surface area contributed by atoms with E-state index in [1.807, 2.05) is 46.7 Å². The second kappa shape index (κ2) is 18.2. The van der Waals surface area contributed by atoms with E-state index in [0.29, 0.717) is 6.42 Å². The van der Waals surface area contributed by atoms with Gasteiger partial charge in [-0.3, -0.25) is 4.79 Å². The van der Waals surface area contributed by atoms with E-state index in [1.54, 1.807) is 34.6 Å². The van der Waals surface area contributed by atoms with Crippen LogP contribution in [0, 0.1) is 23.7 Å². The predicted octanol–water partition coefficient (Wildman–Crippen LogP) is 2.70. The maximum absolute atomic E-state index is 14.2. The van der Waals surface area contributed by atoms with Gasteiger partial charge < -0.3 is 63.7 Å². The molecular weight excluding hydrogens is 692 g/mol. The Morgan fingerprint density at radius 2 is 1.49 bits per heavy atom. The number of hydrogen-bond donors (Lipinski definition) is 5. The van der Waals surface area contributed by atoms with Crippen LogP contribution < -0.4 is 0 Å². The zero-order valence-corrected chi connectivity index (χ0v) is 34.4. The van der Waals surface area contributed by atoms with Crippen molar-refractivity contribution in [2.75, 3.05) is 28.3 Å². The molecule has 53 heavy (non-hydrogen) atoms. The van der Waals surface area contributed by atoms with Gasteiger partial charge in [0.15, 0.2) is 12.6 Å². The van der Waals surface area contributed by atoms with Crippen molar-refractivity contribution in [3.63, 3.8) is 0 Å². The fourth-order valence-corrected chi connectivity index (χ4v) is 8.78. The Morgan fingerprint density at radius 3 is 2.02 bits per heavy atom. The minimum atomic E-state index is -1.94. The first-order valence-corrected chi connectivity index (χ1v) is 19.1. The molecule has 0 spiro atoms. The molecule has 3 heterocycles. The summed E-state index contributed by atoms with van der Waals surface area (Å²) in [6.07, 6.45) is -8.53. The number of oxime groups is 1. The third-order valence-corrected chi connectivity index (χ3v) is 12.4. The van der Waals surface area contributed by atoms with Crippen molar-refractivity contribution in [2.24, 2.45) is 28.8 Å². The Bertz CT molecular complexity index is 1220. The molecule has 3 rings (SSSR count). The van der Waals surface area contributed by atoms with Crippen LogP contribution in [-0.2, 0) is 38.0 Å². The highest BCUT2D eigenvalue weighted by Crippen LogP contribution is 2.42. The van der Waals surface area contributed by atoms with Crippen LogP contribution in [0.5, 0.6) is 0 Å². The van der Waals surface area contributed by atoms with Crippen LogP contribution in [0.1, 0.15) is 94.9 Å². The van der Waals surface area contributed by atoms with Gasteiger partial charge in [0.25, 0.3) is 0 Å². The van der Waals surface area contributed by atoms with E-state index in [9.17, 15) is 30.4 Å². The lowest BCUT2D eigenvalue weighted by atomic mass is 9.73. The molecule has 3 fully saturated rings. The van der Waals surface area contributed by atoms with Crippen molar-refractivity contribution in [2.45, 2.75) is 179 Å². The largest absolute Gasteiger partial charge is 0.459 e. The van der Waals surface area contributed by atoms with Crippen LogP contribution in [0.25, 0.3) is 0 Å². The van der Waals surface area contributed by atoms with Crippen molar-refractivity contribution in [3.8, 4) is 0 Å². The Morgan fingerprint density at radius 1 is 0.887 bits per heavy atom.